The number of H-pyrrole nitrogens is 1. The molecule has 0 bridgehead atoms. The maximum absolute atomic E-state index is 12.5. The number of nitrogens with zero attached hydrogens (tertiary/aromatic N) is 1. The molecule has 8 nitrogen and oxygen atoms in total. The van der Waals surface area contributed by atoms with Crippen LogP contribution >= 0.6 is 0 Å². The van der Waals surface area contributed by atoms with Crippen molar-refractivity contribution < 1.29 is 19.1 Å². The number of aromatic nitrogens is 1. The molecule has 4 rings (SSSR count). The number of carbonyl (C=O) groups is 2. The van der Waals surface area contributed by atoms with E-state index in [0.29, 0.717) is 35.8 Å². The average Bonchev–Trinajstić information content (AvgIpc) is 3.09. The average molecular weight is 395 g/mol. The Kier molecular flexibility index (Phi) is 5.07. The zero-order valence-electron chi connectivity index (χ0n) is 15.7. The van der Waals surface area contributed by atoms with E-state index in [9.17, 15) is 19.5 Å². The number of oxazole rings is 1. The Morgan fingerprint density at radius 1 is 1.14 bits per heavy atom. The number of amides is 2. The SMILES string of the molecule is O=C(Nc1ccc2[nH]c(=O)oc2c1)C(=O)N1CCC(Cc2ccc(O)cc2)CC1. The van der Waals surface area contributed by atoms with Crippen molar-refractivity contribution in [2.24, 2.45) is 5.92 Å². The summed E-state index contributed by atoms with van der Waals surface area (Å²) in [6.07, 6.45) is 2.52. The highest BCUT2D eigenvalue weighted by Crippen LogP contribution is 2.23. The molecule has 0 unspecified atom stereocenters. The number of anilines is 1. The Bertz CT molecular complexity index is 1090. The second kappa shape index (κ2) is 7.83. The van der Waals surface area contributed by atoms with Crippen LogP contribution in [0.1, 0.15) is 18.4 Å². The van der Waals surface area contributed by atoms with Crippen LogP contribution in [0.15, 0.2) is 51.7 Å². The number of likely N-dealkylation sites (tertiary alicyclic amines) is 1. The zero-order valence-corrected chi connectivity index (χ0v) is 15.7. The summed E-state index contributed by atoms with van der Waals surface area (Å²) < 4.78 is 4.96. The molecule has 3 N–H and O–H groups in total. The number of aromatic hydroxyl groups is 1. The first-order chi connectivity index (χ1) is 14.0. The van der Waals surface area contributed by atoms with Gasteiger partial charge in [0.2, 0.25) is 0 Å². The number of benzene rings is 2. The van der Waals surface area contributed by atoms with Gasteiger partial charge in [0.25, 0.3) is 0 Å². The maximum Gasteiger partial charge on any atom is 0.417 e. The summed E-state index contributed by atoms with van der Waals surface area (Å²) in [6, 6.07) is 11.9. The molecule has 2 heterocycles. The summed E-state index contributed by atoms with van der Waals surface area (Å²) in [6.45, 7) is 1.06. The van der Waals surface area contributed by atoms with Gasteiger partial charge >= 0.3 is 17.6 Å². The van der Waals surface area contributed by atoms with Gasteiger partial charge in [0.05, 0.1) is 5.52 Å². The number of nitrogens with one attached hydrogen (secondary N) is 2. The third-order valence-corrected chi connectivity index (χ3v) is 5.24. The predicted molar refractivity (Wildman–Crippen MR) is 107 cm³/mol. The number of fused-ring (bicyclic) bond motifs is 1. The Balaban J connectivity index is 1.31. The molecule has 150 valence electrons. The normalized spacial score (nSPS) is 14.8. The number of piperidine rings is 1. The zero-order chi connectivity index (χ0) is 20.4. The van der Waals surface area contributed by atoms with Gasteiger partial charge in [-0.3, -0.25) is 14.6 Å². The van der Waals surface area contributed by atoms with Gasteiger partial charge in [-0.2, -0.15) is 0 Å². The molecule has 2 amide bonds. The van der Waals surface area contributed by atoms with Crippen LogP contribution in [-0.4, -0.2) is 39.9 Å². The first-order valence-corrected chi connectivity index (χ1v) is 9.49. The summed E-state index contributed by atoms with van der Waals surface area (Å²) in [5.41, 5.74) is 2.38. The van der Waals surface area contributed by atoms with Crippen molar-refractivity contribution in [3.8, 4) is 5.75 Å². The molecule has 0 saturated carbocycles. The van der Waals surface area contributed by atoms with Crippen LogP contribution in [-0.2, 0) is 16.0 Å². The molecule has 1 aliphatic heterocycles. The lowest BCUT2D eigenvalue weighted by molar-refractivity contribution is -0.144. The van der Waals surface area contributed by atoms with Gasteiger partial charge in [-0.15, -0.1) is 0 Å². The van der Waals surface area contributed by atoms with Gasteiger partial charge in [0, 0.05) is 24.8 Å². The molecule has 29 heavy (non-hydrogen) atoms. The molecular weight excluding hydrogens is 374 g/mol. The molecule has 8 heteroatoms. The van der Waals surface area contributed by atoms with Crippen molar-refractivity contribution in [2.75, 3.05) is 18.4 Å². The highest BCUT2D eigenvalue weighted by Gasteiger charge is 2.27. The molecule has 0 aliphatic carbocycles. The smallest absolute Gasteiger partial charge is 0.417 e. The number of hydrogen-bond donors (Lipinski definition) is 3. The monoisotopic (exact) mass is 395 g/mol. The van der Waals surface area contributed by atoms with Crippen LogP contribution in [0.5, 0.6) is 5.75 Å². The van der Waals surface area contributed by atoms with Gasteiger partial charge < -0.3 is 19.7 Å². The first kappa shape index (κ1) is 18.8. The minimum atomic E-state index is -0.709. The van der Waals surface area contributed by atoms with Crippen LogP contribution < -0.4 is 11.1 Å². The number of carbonyl (C=O) groups excluding carboxylic acids is 2. The van der Waals surface area contributed by atoms with Gasteiger partial charge in [-0.05, 0) is 55.0 Å². The van der Waals surface area contributed by atoms with E-state index in [4.69, 9.17) is 4.42 Å². The second-order valence-corrected chi connectivity index (χ2v) is 7.29. The topological polar surface area (TPSA) is 116 Å². The molecule has 1 saturated heterocycles. The van der Waals surface area contributed by atoms with E-state index in [2.05, 4.69) is 10.3 Å². The molecule has 1 fully saturated rings. The fourth-order valence-corrected chi connectivity index (χ4v) is 3.66. The summed E-state index contributed by atoms with van der Waals surface area (Å²) in [7, 11) is 0. The number of phenols is 1. The van der Waals surface area contributed by atoms with Crippen LogP contribution in [0.3, 0.4) is 0 Å². The minimum absolute atomic E-state index is 0.248. The lowest BCUT2D eigenvalue weighted by Crippen LogP contribution is -2.44. The molecular formula is C21H21N3O5. The van der Waals surface area contributed by atoms with E-state index in [1.807, 2.05) is 12.1 Å². The Labute approximate surface area is 166 Å². The van der Waals surface area contributed by atoms with Crippen molar-refractivity contribution in [3.05, 3.63) is 58.6 Å². The van der Waals surface area contributed by atoms with Gasteiger partial charge in [0.15, 0.2) is 5.58 Å². The number of aromatic amines is 1. The van der Waals surface area contributed by atoms with E-state index in [-0.39, 0.29) is 5.75 Å². The Morgan fingerprint density at radius 2 is 1.86 bits per heavy atom. The fraction of sp³-hybridized carbons (Fsp3) is 0.286. The summed E-state index contributed by atoms with van der Waals surface area (Å²) in [4.78, 5) is 40.1. The van der Waals surface area contributed by atoms with Crippen molar-refractivity contribution >= 4 is 28.6 Å². The van der Waals surface area contributed by atoms with Crippen LogP contribution in [0.2, 0.25) is 0 Å². The van der Waals surface area contributed by atoms with E-state index < -0.39 is 17.6 Å². The lowest BCUT2D eigenvalue weighted by atomic mass is 9.90. The van der Waals surface area contributed by atoms with Gasteiger partial charge in [-0.1, -0.05) is 12.1 Å². The lowest BCUT2D eigenvalue weighted by Gasteiger charge is -2.31. The largest absolute Gasteiger partial charge is 0.508 e. The van der Waals surface area contributed by atoms with Crippen molar-refractivity contribution in [2.45, 2.75) is 19.3 Å². The summed E-state index contributed by atoms with van der Waals surface area (Å²) in [5, 5.41) is 11.9. The minimum Gasteiger partial charge on any atom is -0.508 e. The standard InChI is InChI=1S/C21H21N3O5/c25-16-4-1-13(2-5-16)11-14-7-9-24(10-8-14)20(27)19(26)22-15-3-6-17-18(12-15)29-21(28)23-17/h1-6,12,14,25H,7-11H2,(H,22,26)(H,23,28). The van der Waals surface area contributed by atoms with E-state index in [0.717, 1.165) is 24.8 Å². The van der Waals surface area contributed by atoms with Crippen molar-refractivity contribution in [1.82, 2.24) is 9.88 Å². The molecule has 2 aromatic carbocycles. The number of rotatable bonds is 3. The van der Waals surface area contributed by atoms with E-state index in [1.165, 1.54) is 6.07 Å². The molecule has 0 atom stereocenters. The summed E-state index contributed by atoms with van der Waals surface area (Å²) >= 11 is 0. The van der Waals surface area contributed by atoms with Gasteiger partial charge in [0.1, 0.15) is 5.75 Å². The van der Waals surface area contributed by atoms with Crippen LogP contribution in [0.25, 0.3) is 11.1 Å². The first-order valence-electron chi connectivity index (χ1n) is 9.49. The molecule has 0 spiro atoms. The fourth-order valence-electron chi connectivity index (χ4n) is 3.66. The Hall–Kier alpha value is -3.55. The van der Waals surface area contributed by atoms with Crippen molar-refractivity contribution in [3.63, 3.8) is 0 Å². The number of phenolic OH excluding ortho intramolecular Hbond substituents is 1. The van der Waals surface area contributed by atoms with Crippen LogP contribution in [0.4, 0.5) is 5.69 Å². The summed E-state index contributed by atoms with van der Waals surface area (Å²) in [5.74, 6) is -1.17. The predicted octanol–water partition coefficient (Wildman–Crippen LogP) is 2.25. The molecule has 0 radical (unpaired) electrons. The second-order valence-electron chi connectivity index (χ2n) is 7.29. The third-order valence-electron chi connectivity index (χ3n) is 5.24. The third kappa shape index (κ3) is 4.31. The Morgan fingerprint density at radius 3 is 2.59 bits per heavy atom. The van der Waals surface area contributed by atoms with Gasteiger partial charge in [-0.25, -0.2) is 4.79 Å². The molecule has 1 aliphatic rings. The van der Waals surface area contributed by atoms with Crippen LogP contribution in [0, 0.1) is 5.92 Å². The maximum atomic E-state index is 12.5. The molecule has 3 aromatic rings. The van der Waals surface area contributed by atoms with E-state index >= 15 is 0 Å². The van der Waals surface area contributed by atoms with Crippen molar-refractivity contribution in [1.29, 1.82) is 0 Å². The van der Waals surface area contributed by atoms with E-state index in [1.54, 1.807) is 29.2 Å². The quantitative estimate of drug-likeness (QED) is 0.588. The number of hydrogen-bond acceptors (Lipinski definition) is 5. The molecule has 1 aromatic heterocycles. The highest BCUT2D eigenvalue weighted by atomic mass is 16.4. The highest BCUT2D eigenvalue weighted by molar-refractivity contribution is 6.39.